The first-order valence-electron chi connectivity index (χ1n) is 9.07. The number of ether oxygens (including phenoxy) is 2. The van der Waals surface area contributed by atoms with Gasteiger partial charge >= 0.3 is 19.4 Å². The molecule has 29 heavy (non-hydrogen) atoms. The van der Waals surface area contributed by atoms with Crippen LogP contribution in [0.3, 0.4) is 0 Å². The summed E-state index contributed by atoms with van der Waals surface area (Å²) in [5.74, 6) is -1.30. The molecule has 0 spiro atoms. The topological polar surface area (TPSA) is 125 Å². The van der Waals surface area contributed by atoms with Gasteiger partial charge in [0.1, 0.15) is 12.1 Å². The highest BCUT2D eigenvalue weighted by Gasteiger charge is 2.39. The minimum atomic E-state index is -2.80. The van der Waals surface area contributed by atoms with Crippen molar-refractivity contribution in [3.8, 4) is 0 Å². The zero-order valence-electron chi connectivity index (χ0n) is 15.9. The van der Waals surface area contributed by atoms with Gasteiger partial charge in [-0.25, -0.2) is 4.79 Å². The number of aldehydes is 1. The SMILES string of the molecule is CCOC(=O)c1nc([P+](=O)O)cn1C1Cc2c(cccc2C(C=O)OCC)C1=O. The van der Waals surface area contributed by atoms with Crippen LogP contribution >= 0.6 is 8.03 Å². The Morgan fingerprint density at radius 1 is 1.41 bits per heavy atom. The number of benzene rings is 1. The van der Waals surface area contributed by atoms with Crippen molar-refractivity contribution in [2.24, 2.45) is 0 Å². The van der Waals surface area contributed by atoms with E-state index >= 15 is 0 Å². The average Bonchev–Trinajstić information content (AvgIpc) is 3.28. The Labute approximate surface area is 167 Å². The molecule has 0 fully saturated rings. The molecule has 1 N–H and O–H groups in total. The van der Waals surface area contributed by atoms with Crippen LogP contribution in [0.2, 0.25) is 0 Å². The number of imidazole rings is 1. The van der Waals surface area contributed by atoms with Crippen LogP contribution in [0.1, 0.15) is 58.1 Å². The summed E-state index contributed by atoms with van der Waals surface area (Å²) in [4.78, 5) is 50.1. The molecule has 9 nitrogen and oxygen atoms in total. The molecular weight excluding hydrogens is 399 g/mol. The Bertz CT molecular complexity index is 985. The molecule has 0 aliphatic heterocycles. The second-order valence-electron chi connectivity index (χ2n) is 6.29. The Morgan fingerprint density at radius 3 is 2.79 bits per heavy atom. The van der Waals surface area contributed by atoms with Gasteiger partial charge < -0.3 is 18.8 Å². The van der Waals surface area contributed by atoms with Crippen molar-refractivity contribution in [2.75, 3.05) is 13.2 Å². The van der Waals surface area contributed by atoms with Gasteiger partial charge in [0, 0.05) is 18.6 Å². The second kappa shape index (κ2) is 8.73. The van der Waals surface area contributed by atoms with E-state index in [2.05, 4.69) is 4.98 Å². The van der Waals surface area contributed by atoms with Gasteiger partial charge in [-0.3, -0.25) is 4.79 Å². The van der Waals surface area contributed by atoms with Crippen molar-refractivity contribution in [3.63, 3.8) is 0 Å². The van der Waals surface area contributed by atoms with Crippen molar-refractivity contribution in [3.05, 3.63) is 46.9 Å². The van der Waals surface area contributed by atoms with Crippen molar-refractivity contribution in [1.82, 2.24) is 9.55 Å². The highest BCUT2D eigenvalue weighted by Crippen LogP contribution is 2.36. The first-order valence-corrected chi connectivity index (χ1v) is 10.3. The zero-order valence-corrected chi connectivity index (χ0v) is 16.8. The number of aromatic nitrogens is 2. The predicted octanol–water partition coefficient (Wildman–Crippen LogP) is 1.68. The maximum atomic E-state index is 13.1. The molecule has 1 aliphatic carbocycles. The number of fused-ring (bicyclic) bond motifs is 1. The Kier molecular flexibility index (Phi) is 6.32. The molecule has 3 unspecified atom stereocenters. The fraction of sp³-hybridized carbons (Fsp3) is 0.368. The molecular formula is C19H20N2O7P+. The normalized spacial score (nSPS) is 17.0. The van der Waals surface area contributed by atoms with Gasteiger partial charge in [-0.05, 0) is 29.5 Å². The van der Waals surface area contributed by atoms with Gasteiger partial charge in [-0.1, -0.05) is 18.2 Å². The van der Waals surface area contributed by atoms with E-state index in [9.17, 15) is 23.8 Å². The van der Waals surface area contributed by atoms with Crippen molar-refractivity contribution in [1.29, 1.82) is 0 Å². The fourth-order valence-corrected chi connectivity index (χ4v) is 3.86. The first kappa shape index (κ1) is 21.0. The summed E-state index contributed by atoms with van der Waals surface area (Å²) in [5, 5.41) is 0. The summed E-state index contributed by atoms with van der Waals surface area (Å²) in [6.07, 6.45) is 1.27. The van der Waals surface area contributed by atoms with Crippen LogP contribution in [0.5, 0.6) is 0 Å². The van der Waals surface area contributed by atoms with Crippen molar-refractivity contribution < 1.29 is 33.3 Å². The first-order chi connectivity index (χ1) is 13.9. The third-order valence-corrected chi connectivity index (χ3v) is 5.27. The third kappa shape index (κ3) is 3.89. The summed E-state index contributed by atoms with van der Waals surface area (Å²) in [5.41, 5.74) is 1.43. The third-order valence-electron chi connectivity index (χ3n) is 4.66. The van der Waals surface area contributed by atoms with Gasteiger partial charge in [0.25, 0.3) is 0 Å². The van der Waals surface area contributed by atoms with E-state index < -0.39 is 26.1 Å². The molecule has 10 heteroatoms. The Balaban J connectivity index is 2.06. The van der Waals surface area contributed by atoms with Gasteiger partial charge in [-0.2, -0.15) is 9.88 Å². The van der Waals surface area contributed by atoms with E-state index in [4.69, 9.17) is 9.47 Å². The highest BCUT2D eigenvalue weighted by molar-refractivity contribution is 7.47. The summed E-state index contributed by atoms with van der Waals surface area (Å²) in [7, 11) is -2.80. The van der Waals surface area contributed by atoms with E-state index in [-0.39, 0.29) is 30.1 Å². The van der Waals surface area contributed by atoms with Crippen LogP contribution < -0.4 is 5.44 Å². The quantitative estimate of drug-likeness (QED) is 0.389. The Morgan fingerprint density at radius 2 is 2.17 bits per heavy atom. The number of esters is 1. The maximum absolute atomic E-state index is 13.1. The monoisotopic (exact) mass is 419 g/mol. The molecule has 1 aromatic heterocycles. The lowest BCUT2D eigenvalue weighted by molar-refractivity contribution is -0.118. The second-order valence-corrected chi connectivity index (χ2v) is 7.30. The van der Waals surface area contributed by atoms with Crippen LogP contribution in [0.15, 0.2) is 24.4 Å². The van der Waals surface area contributed by atoms with Gasteiger partial charge in [0.15, 0.2) is 12.1 Å². The smallest absolute Gasteiger partial charge is 0.460 e. The number of carbonyl (C=O) groups excluding carboxylic acids is 3. The Hall–Kier alpha value is -2.74. The number of nitrogens with zero attached hydrogens (tertiary/aromatic N) is 2. The highest BCUT2D eigenvalue weighted by atomic mass is 31.1. The van der Waals surface area contributed by atoms with E-state index in [1.807, 2.05) is 0 Å². The van der Waals surface area contributed by atoms with E-state index in [0.717, 1.165) is 0 Å². The lowest BCUT2D eigenvalue weighted by Gasteiger charge is -2.15. The van der Waals surface area contributed by atoms with Crippen LogP contribution in [0.4, 0.5) is 0 Å². The van der Waals surface area contributed by atoms with E-state index in [0.29, 0.717) is 29.6 Å². The molecule has 0 amide bonds. The van der Waals surface area contributed by atoms with Crippen LogP contribution in [-0.2, 0) is 25.3 Å². The van der Waals surface area contributed by atoms with Gasteiger partial charge in [-0.15, -0.1) is 0 Å². The number of Topliss-reactive ketones (excluding diaryl/α,β-unsaturated/α-hetero) is 1. The predicted molar refractivity (Wildman–Crippen MR) is 102 cm³/mol. The van der Waals surface area contributed by atoms with Crippen molar-refractivity contribution >= 4 is 31.5 Å². The number of ketones is 1. The fourth-order valence-electron chi connectivity index (χ4n) is 3.46. The number of rotatable bonds is 8. The van der Waals surface area contributed by atoms with Crippen molar-refractivity contribution in [2.45, 2.75) is 32.4 Å². The largest absolute Gasteiger partial charge is 0.568 e. The molecule has 1 heterocycles. The van der Waals surface area contributed by atoms with E-state index in [1.54, 1.807) is 32.0 Å². The van der Waals surface area contributed by atoms with Crippen LogP contribution in [0, 0.1) is 0 Å². The zero-order chi connectivity index (χ0) is 21.1. The van der Waals surface area contributed by atoms with Gasteiger partial charge in [0.05, 0.1) is 12.8 Å². The summed E-state index contributed by atoms with van der Waals surface area (Å²) in [6.45, 7) is 3.80. The number of hydrogen-bond acceptors (Lipinski definition) is 7. The molecule has 3 rings (SSSR count). The minimum Gasteiger partial charge on any atom is -0.460 e. The lowest BCUT2D eigenvalue weighted by atomic mass is 9.99. The molecule has 0 saturated heterocycles. The lowest BCUT2D eigenvalue weighted by Crippen LogP contribution is -2.21. The maximum Gasteiger partial charge on any atom is 0.568 e. The molecule has 2 aromatic rings. The molecule has 1 aliphatic rings. The van der Waals surface area contributed by atoms with E-state index in [1.165, 1.54) is 10.8 Å². The van der Waals surface area contributed by atoms with Gasteiger partial charge in [0.2, 0.25) is 5.82 Å². The van der Waals surface area contributed by atoms with Crippen LogP contribution in [-0.4, -0.2) is 45.7 Å². The summed E-state index contributed by atoms with van der Waals surface area (Å²) in [6, 6.07) is 4.18. The molecule has 1 aromatic carbocycles. The standard InChI is InChI=1S/C19H19N2O7P/c1-3-27-15(10-22)11-6-5-7-12-13(11)8-14(17(12)23)21-9-16(29(25)26)20-18(21)19(24)28-4-2/h5-7,9-10,14-15H,3-4,8H2,1-2H3/p+1. The molecule has 0 radical (unpaired) electrons. The number of carbonyl (C=O) groups is 3. The molecule has 0 bridgehead atoms. The summed E-state index contributed by atoms with van der Waals surface area (Å²) >= 11 is 0. The molecule has 152 valence electrons. The number of hydrogen-bond donors (Lipinski definition) is 1. The minimum absolute atomic E-state index is 0.0879. The summed E-state index contributed by atoms with van der Waals surface area (Å²) < 4.78 is 23.2. The average molecular weight is 419 g/mol. The molecule has 3 atom stereocenters. The van der Waals surface area contributed by atoms with Crippen LogP contribution in [0.25, 0.3) is 0 Å². The molecule has 0 saturated carbocycles.